The Morgan fingerprint density at radius 1 is 0.931 bits per heavy atom. The summed E-state index contributed by atoms with van der Waals surface area (Å²) in [6.07, 6.45) is 3.99. The maximum absolute atomic E-state index is 12.9. The average Bonchev–Trinajstić information content (AvgIpc) is 3.24. The van der Waals surface area contributed by atoms with E-state index in [2.05, 4.69) is 42.2 Å². The zero-order valence-corrected chi connectivity index (χ0v) is 18.4. The number of rotatable bonds is 4. The van der Waals surface area contributed by atoms with Crippen LogP contribution >= 0.6 is 23.5 Å². The number of amidine groups is 1. The highest BCUT2D eigenvalue weighted by molar-refractivity contribution is 8.18. The van der Waals surface area contributed by atoms with Crippen LogP contribution in [0.4, 0.5) is 11.4 Å². The van der Waals surface area contributed by atoms with Crippen molar-refractivity contribution in [3.8, 4) is 0 Å². The monoisotopic (exact) mass is 421 g/mol. The van der Waals surface area contributed by atoms with Gasteiger partial charge in [-0.3, -0.25) is 9.69 Å². The molecule has 1 fully saturated rings. The van der Waals surface area contributed by atoms with Gasteiger partial charge in [0.15, 0.2) is 5.17 Å². The third kappa shape index (κ3) is 3.87. The minimum Gasteiger partial charge on any atom is -0.335 e. The summed E-state index contributed by atoms with van der Waals surface area (Å²) in [5.41, 5.74) is 3.23. The number of likely N-dealkylation sites (N-methyl/N-ethyl adjacent to an activating group) is 1. The molecular weight excluding hydrogens is 398 g/mol. The van der Waals surface area contributed by atoms with Gasteiger partial charge in [0.05, 0.1) is 21.3 Å². The van der Waals surface area contributed by atoms with Crippen molar-refractivity contribution in [2.24, 2.45) is 4.99 Å². The molecular formula is C23H23N3OS2. The predicted molar refractivity (Wildman–Crippen MR) is 125 cm³/mol. The van der Waals surface area contributed by atoms with E-state index >= 15 is 0 Å². The van der Waals surface area contributed by atoms with Gasteiger partial charge in [-0.2, -0.15) is 0 Å². The molecule has 4 rings (SSSR count). The lowest BCUT2D eigenvalue weighted by molar-refractivity contribution is -0.122. The molecule has 2 aromatic carbocycles. The number of nitrogens with zero attached hydrogens (tertiary/aromatic N) is 3. The van der Waals surface area contributed by atoms with E-state index in [0.29, 0.717) is 11.4 Å². The van der Waals surface area contributed by atoms with Crippen LogP contribution in [0.1, 0.15) is 19.4 Å². The average molecular weight is 422 g/mol. The van der Waals surface area contributed by atoms with E-state index in [1.54, 1.807) is 16.7 Å². The van der Waals surface area contributed by atoms with Gasteiger partial charge in [-0.05, 0) is 68.4 Å². The SMILES string of the molecule is CCN1C(=O)/C(=C/C=C2/Sc3ccccc3N2CC)SC1=Nc1ccccc1C. The highest BCUT2D eigenvalue weighted by Gasteiger charge is 2.32. The first kappa shape index (κ1) is 19.9. The van der Waals surface area contributed by atoms with Gasteiger partial charge < -0.3 is 4.90 Å². The van der Waals surface area contributed by atoms with E-state index in [1.807, 2.05) is 44.2 Å². The molecule has 2 aliphatic rings. The Kier molecular flexibility index (Phi) is 5.83. The van der Waals surface area contributed by atoms with Gasteiger partial charge in [-0.1, -0.05) is 42.1 Å². The molecule has 2 aliphatic heterocycles. The summed E-state index contributed by atoms with van der Waals surface area (Å²) < 4.78 is 0. The van der Waals surface area contributed by atoms with E-state index in [0.717, 1.165) is 28.0 Å². The summed E-state index contributed by atoms with van der Waals surface area (Å²) in [6.45, 7) is 7.65. The Bertz CT molecular complexity index is 1040. The maximum atomic E-state index is 12.9. The third-order valence-electron chi connectivity index (χ3n) is 4.87. The van der Waals surface area contributed by atoms with Gasteiger partial charge in [0.25, 0.3) is 5.91 Å². The van der Waals surface area contributed by atoms with Crippen molar-refractivity contribution in [2.45, 2.75) is 25.7 Å². The molecule has 0 aromatic heterocycles. The van der Waals surface area contributed by atoms with E-state index in [4.69, 9.17) is 4.99 Å². The van der Waals surface area contributed by atoms with Crippen LogP contribution in [0.3, 0.4) is 0 Å². The van der Waals surface area contributed by atoms with Crippen LogP contribution < -0.4 is 4.90 Å². The topological polar surface area (TPSA) is 35.9 Å². The Labute approximate surface area is 180 Å². The van der Waals surface area contributed by atoms with Crippen LogP contribution in [0.25, 0.3) is 0 Å². The number of amides is 1. The Morgan fingerprint density at radius 3 is 2.41 bits per heavy atom. The summed E-state index contributed by atoms with van der Waals surface area (Å²) in [6, 6.07) is 16.4. The van der Waals surface area contributed by atoms with Crippen molar-refractivity contribution >= 4 is 46.0 Å². The van der Waals surface area contributed by atoms with Gasteiger partial charge >= 0.3 is 0 Å². The molecule has 0 radical (unpaired) electrons. The molecule has 0 spiro atoms. The molecule has 0 atom stereocenters. The zero-order valence-electron chi connectivity index (χ0n) is 16.8. The Morgan fingerprint density at radius 2 is 1.66 bits per heavy atom. The van der Waals surface area contributed by atoms with E-state index < -0.39 is 0 Å². The second-order valence-corrected chi connectivity index (χ2v) is 8.75. The highest BCUT2D eigenvalue weighted by Crippen LogP contribution is 2.45. The Hall–Kier alpha value is -2.44. The summed E-state index contributed by atoms with van der Waals surface area (Å²) >= 11 is 3.19. The number of carbonyl (C=O) groups excluding carboxylic acids is 1. The molecule has 2 heterocycles. The van der Waals surface area contributed by atoms with Crippen molar-refractivity contribution in [1.82, 2.24) is 4.90 Å². The van der Waals surface area contributed by atoms with E-state index in [9.17, 15) is 4.79 Å². The number of fused-ring (bicyclic) bond motifs is 1. The van der Waals surface area contributed by atoms with Crippen molar-refractivity contribution in [2.75, 3.05) is 18.0 Å². The second kappa shape index (κ2) is 8.51. The molecule has 4 nitrogen and oxygen atoms in total. The molecule has 0 N–H and O–H groups in total. The molecule has 1 amide bonds. The maximum Gasteiger partial charge on any atom is 0.266 e. The fraction of sp³-hybridized carbons (Fsp3) is 0.217. The molecule has 0 aliphatic carbocycles. The molecule has 0 unspecified atom stereocenters. The summed E-state index contributed by atoms with van der Waals surface area (Å²) in [4.78, 5) is 23.6. The van der Waals surface area contributed by atoms with Crippen LogP contribution in [-0.2, 0) is 4.79 Å². The van der Waals surface area contributed by atoms with Gasteiger partial charge in [0.2, 0.25) is 0 Å². The highest BCUT2D eigenvalue weighted by atomic mass is 32.2. The first-order valence-corrected chi connectivity index (χ1v) is 11.4. The van der Waals surface area contributed by atoms with Gasteiger partial charge in [-0.15, -0.1) is 0 Å². The molecule has 6 heteroatoms. The number of hydrogen-bond acceptors (Lipinski definition) is 5. The number of benzene rings is 2. The molecule has 2 aromatic rings. The number of hydrogen-bond donors (Lipinski definition) is 0. The number of anilines is 1. The van der Waals surface area contributed by atoms with Gasteiger partial charge in [0, 0.05) is 18.0 Å². The van der Waals surface area contributed by atoms with E-state index in [-0.39, 0.29) is 5.91 Å². The van der Waals surface area contributed by atoms with Gasteiger partial charge in [0.1, 0.15) is 0 Å². The minimum atomic E-state index is 0.0187. The number of allylic oxidation sites excluding steroid dienone is 2. The fourth-order valence-electron chi connectivity index (χ4n) is 3.33. The number of aryl methyl sites for hydroxylation is 1. The van der Waals surface area contributed by atoms with Crippen LogP contribution in [-0.4, -0.2) is 29.1 Å². The number of carbonyl (C=O) groups is 1. The minimum absolute atomic E-state index is 0.0187. The lowest BCUT2D eigenvalue weighted by Crippen LogP contribution is -2.28. The molecule has 29 heavy (non-hydrogen) atoms. The van der Waals surface area contributed by atoms with Crippen molar-refractivity contribution in [1.29, 1.82) is 0 Å². The lowest BCUT2D eigenvalue weighted by atomic mass is 10.2. The summed E-state index contributed by atoms with van der Waals surface area (Å²) in [5, 5.41) is 1.88. The molecule has 1 saturated heterocycles. The number of thioether (sulfide) groups is 2. The summed E-state index contributed by atoms with van der Waals surface area (Å²) in [7, 11) is 0. The number of para-hydroxylation sites is 2. The number of aliphatic imine (C=N–C) groups is 1. The van der Waals surface area contributed by atoms with Crippen molar-refractivity contribution in [3.63, 3.8) is 0 Å². The van der Waals surface area contributed by atoms with Crippen LogP contribution in [0, 0.1) is 6.92 Å². The van der Waals surface area contributed by atoms with E-state index in [1.165, 1.54) is 22.3 Å². The quantitative estimate of drug-likeness (QED) is 0.573. The zero-order chi connectivity index (χ0) is 20.4. The Balaban J connectivity index is 1.62. The largest absolute Gasteiger partial charge is 0.335 e. The van der Waals surface area contributed by atoms with Crippen LogP contribution in [0.2, 0.25) is 0 Å². The first-order chi connectivity index (χ1) is 14.1. The fourth-order valence-corrected chi connectivity index (χ4v) is 5.45. The normalized spacial score (nSPS) is 20.4. The lowest BCUT2D eigenvalue weighted by Gasteiger charge is -2.17. The first-order valence-electron chi connectivity index (χ1n) is 9.72. The molecule has 0 bridgehead atoms. The predicted octanol–water partition coefficient (Wildman–Crippen LogP) is 5.94. The smallest absolute Gasteiger partial charge is 0.266 e. The standard InChI is InChI=1S/C23H23N3OS2/c1-4-25-18-12-8-9-13-19(18)28-21(25)15-14-20-22(27)26(5-2)23(29-20)24-17-11-7-6-10-16(17)3/h6-15H,4-5H2,1-3H3/b20-14-,21-15+,24-23?. The molecule has 0 saturated carbocycles. The van der Waals surface area contributed by atoms with Gasteiger partial charge in [-0.25, -0.2) is 4.99 Å². The van der Waals surface area contributed by atoms with Crippen molar-refractivity contribution in [3.05, 3.63) is 76.2 Å². The molecule has 148 valence electrons. The summed E-state index contributed by atoms with van der Waals surface area (Å²) in [5.74, 6) is 0.0187. The van der Waals surface area contributed by atoms with Crippen LogP contribution in [0.5, 0.6) is 0 Å². The third-order valence-corrected chi connectivity index (χ3v) is 7.02. The van der Waals surface area contributed by atoms with Crippen molar-refractivity contribution < 1.29 is 4.79 Å². The second-order valence-electron chi connectivity index (χ2n) is 6.68. The van der Waals surface area contributed by atoms with Crippen LogP contribution in [0.15, 0.2) is 80.5 Å².